The van der Waals surface area contributed by atoms with Crippen molar-refractivity contribution in [1.29, 1.82) is 0 Å². The lowest BCUT2D eigenvalue weighted by Gasteiger charge is -2.13. The number of benzene rings is 2. The van der Waals surface area contributed by atoms with E-state index in [1.54, 1.807) is 29.1 Å². The van der Waals surface area contributed by atoms with E-state index in [1.165, 1.54) is 18.2 Å². The third-order valence-corrected chi connectivity index (χ3v) is 5.23. The van der Waals surface area contributed by atoms with E-state index < -0.39 is 11.6 Å². The highest BCUT2D eigenvalue weighted by Crippen LogP contribution is 2.33. The molecule has 0 saturated carbocycles. The molecule has 1 aliphatic heterocycles. The third-order valence-electron chi connectivity index (χ3n) is 4.01. The van der Waals surface area contributed by atoms with Crippen LogP contribution < -0.4 is 4.57 Å². The highest BCUT2D eigenvalue weighted by molar-refractivity contribution is 9.10. The van der Waals surface area contributed by atoms with Crippen molar-refractivity contribution < 1.29 is 13.3 Å². The predicted octanol–water partition coefficient (Wildman–Crippen LogP) is 5.06. The molecule has 0 N–H and O–H groups in total. The van der Waals surface area contributed by atoms with Gasteiger partial charge in [-0.05, 0) is 40.2 Å². The summed E-state index contributed by atoms with van der Waals surface area (Å²) < 4.78 is 31.4. The second-order valence-corrected chi connectivity index (χ2v) is 7.28. The summed E-state index contributed by atoms with van der Waals surface area (Å²) in [7, 11) is 0. The van der Waals surface area contributed by atoms with Crippen molar-refractivity contribution >= 4 is 44.8 Å². The highest BCUT2D eigenvalue weighted by Gasteiger charge is 2.30. The Morgan fingerprint density at radius 1 is 1.04 bits per heavy atom. The Balaban J connectivity index is 2.10. The van der Waals surface area contributed by atoms with Gasteiger partial charge in [0.25, 0.3) is 0 Å². The zero-order chi connectivity index (χ0) is 18.4. The molecular formula is C18H9BrCl2F2N3+. The monoisotopic (exact) mass is 454 g/mol. The summed E-state index contributed by atoms with van der Waals surface area (Å²) in [5.41, 5.74) is 0.795. The fourth-order valence-electron chi connectivity index (χ4n) is 2.88. The molecule has 1 aliphatic rings. The van der Waals surface area contributed by atoms with Gasteiger partial charge in [-0.3, -0.25) is 4.99 Å². The molecule has 3 aromatic rings. The molecule has 0 amide bonds. The van der Waals surface area contributed by atoms with E-state index in [-0.39, 0.29) is 27.9 Å². The Morgan fingerprint density at radius 2 is 1.77 bits per heavy atom. The van der Waals surface area contributed by atoms with E-state index in [4.69, 9.17) is 23.2 Å². The molecule has 0 aliphatic carbocycles. The zero-order valence-electron chi connectivity index (χ0n) is 13.0. The van der Waals surface area contributed by atoms with E-state index in [9.17, 15) is 8.78 Å². The maximum atomic E-state index is 14.5. The number of aromatic nitrogens is 2. The van der Waals surface area contributed by atoms with Gasteiger partial charge in [0.15, 0.2) is 6.20 Å². The van der Waals surface area contributed by atoms with Gasteiger partial charge in [0.1, 0.15) is 34.5 Å². The zero-order valence-corrected chi connectivity index (χ0v) is 16.1. The smallest absolute Gasteiger partial charge is 0.271 e. The van der Waals surface area contributed by atoms with Crippen LogP contribution in [0, 0.1) is 11.6 Å². The second kappa shape index (κ2) is 6.68. The van der Waals surface area contributed by atoms with Crippen LogP contribution in [0.15, 0.2) is 52.2 Å². The first-order valence-corrected chi connectivity index (χ1v) is 9.06. The first kappa shape index (κ1) is 17.5. The molecule has 0 saturated heterocycles. The van der Waals surface area contributed by atoms with Crippen LogP contribution in [-0.2, 0) is 6.54 Å². The lowest BCUT2D eigenvalue weighted by molar-refractivity contribution is -0.608. The van der Waals surface area contributed by atoms with Gasteiger partial charge < -0.3 is 0 Å². The van der Waals surface area contributed by atoms with E-state index in [2.05, 4.69) is 25.9 Å². The number of hydrogen-bond acceptors (Lipinski definition) is 2. The number of aliphatic imine (C=N–C) groups is 1. The summed E-state index contributed by atoms with van der Waals surface area (Å²) in [6, 6.07) is 7.01. The summed E-state index contributed by atoms with van der Waals surface area (Å²) in [4.78, 5) is 8.77. The van der Waals surface area contributed by atoms with Crippen LogP contribution in [0.25, 0.3) is 5.69 Å². The maximum absolute atomic E-state index is 14.5. The van der Waals surface area contributed by atoms with Crippen LogP contribution in [-0.4, -0.2) is 10.7 Å². The van der Waals surface area contributed by atoms with Gasteiger partial charge in [0, 0.05) is 0 Å². The van der Waals surface area contributed by atoms with Crippen molar-refractivity contribution in [2.24, 2.45) is 4.99 Å². The fraction of sp³-hybridized carbons (Fsp3) is 0.0556. The van der Waals surface area contributed by atoms with E-state index in [0.717, 1.165) is 4.47 Å². The van der Waals surface area contributed by atoms with Crippen LogP contribution in [0.5, 0.6) is 0 Å². The lowest BCUT2D eigenvalue weighted by atomic mass is 9.99. The van der Waals surface area contributed by atoms with Crippen molar-refractivity contribution in [3.8, 4) is 5.69 Å². The van der Waals surface area contributed by atoms with Crippen molar-refractivity contribution in [3.63, 3.8) is 0 Å². The predicted molar refractivity (Wildman–Crippen MR) is 99.2 cm³/mol. The molecular weight excluding hydrogens is 447 g/mol. The molecule has 0 spiro atoms. The van der Waals surface area contributed by atoms with Crippen LogP contribution in [0.2, 0.25) is 10.0 Å². The minimum absolute atomic E-state index is 0.102. The Kier molecular flexibility index (Phi) is 4.50. The molecule has 1 aromatic heterocycles. The van der Waals surface area contributed by atoms with E-state index in [1.807, 2.05) is 0 Å². The molecule has 0 radical (unpaired) electrons. The molecule has 0 atom stereocenters. The first-order chi connectivity index (χ1) is 12.5. The van der Waals surface area contributed by atoms with Crippen molar-refractivity contribution in [1.82, 2.24) is 4.98 Å². The number of fused-ring (bicyclic) bond motifs is 3. The molecule has 26 heavy (non-hydrogen) atoms. The van der Waals surface area contributed by atoms with Crippen molar-refractivity contribution in [2.45, 2.75) is 6.54 Å². The van der Waals surface area contributed by atoms with Gasteiger partial charge in [-0.25, -0.2) is 8.78 Å². The largest absolute Gasteiger partial charge is 0.325 e. The van der Waals surface area contributed by atoms with Gasteiger partial charge in [-0.1, -0.05) is 34.3 Å². The fourth-order valence-corrected chi connectivity index (χ4v) is 3.59. The Hall–Kier alpha value is -1.89. The molecule has 0 fully saturated rings. The van der Waals surface area contributed by atoms with Crippen LogP contribution in [0.3, 0.4) is 0 Å². The SMILES string of the molecule is Fc1cccc(F)c1C1=NCc2ncc(Br)c[n+]2-c2ccc(Cl)c(Cl)c21. The molecule has 2 heterocycles. The summed E-state index contributed by atoms with van der Waals surface area (Å²) in [6.45, 7) is 0.124. The quantitative estimate of drug-likeness (QED) is 0.471. The van der Waals surface area contributed by atoms with Gasteiger partial charge in [0.05, 0.1) is 26.9 Å². The number of hydrogen-bond donors (Lipinski definition) is 0. The third kappa shape index (κ3) is 2.82. The summed E-state index contributed by atoms with van der Waals surface area (Å²) >= 11 is 16.0. The Bertz CT molecular complexity index is 1070. The van der Waals surface area contributed by atoms with Crippen molar-refractivity contribution in [3.05, 3.63) is 85.8 Å². The minimum Gasteiger partial charge on any atom is -0.271 e. The van der Waals surface area contributed by atoms with E-state index in [0.29, 0.717) is 17.1 Å². The Labute approximate surface area is 166 Å². The second-order valence-electron chi connectivity index (χ2n) is 5.58. The van der Waals surface area contributed by atoms with Crippen LogP contribution in [0.1, 0.15) is 17.0 Å². The van der Waals surface area contributed by atoms with E-state index >= 15 is 0 Å². The number of nitrogens with zero attached hydrogens (tertiary/aromatic N) is 3. The Morgan fingerprint density at radius 3 is 2.50 bits per heavy atom. The maximum Gasteiger partial charge on any atom is 0.325 e. The number of rotatable bonds is 1. The first-order valence-electron chi connectivity index (χ1n) is 7.51. The normalized spacial score (nSPS) is 12.9. The molecule has 3 nitrogen and oxygen atoms in total. The van der Waals surface area contributed by atoms with Gasteiger partial charge in [-0.15, -0.1) is 0 Å². The molecule has 0 bridgehead atoms. The lowest BCUT2D eigenvalue weighted by Crippen LogP contribution is -2.37. The molecule has 2 aromatic carbocycles. The van der Waals surface area contributed by atoms with Gasteiger partial charge in [0.2, 0.25) is 0 Å². The van der Waals surface area contributed by atoms with Gasteiger partial charge >= 0.3 is 5.82 Å². The summed E-state index contributed by atoms with van der Waals surface area (Å²) in [5.74, 6) is -0.855. The molecule has 4 rings (SSSR count). The number of halogens is 5. The topological polar surface area (TPSA) is 29.1 Å². The average molecular weight is 456 g/mol. The molecule has 8 heteroatoms. The summed E-state index contributed by atoms with van der Waals surface area (Å²) in [5, 5.41) is 0.438. The van der Waals surface area contributed by atoms with Gasteiger partial charge in [-0.2, -0.15) is 4.57 Å². The van der Waals surface area contributed by atoms with Crippen LogP contribution in [0.4, 0.5) is 8.78 Å². The minimum atomic E-state index is -0.726. The molecule has 0 unspecified atom stereocenters. The molecule has 130 valence electrons. The van der Waals surface area contributed by atoms with Crippen molar-refractivity contribution in [2.75, 3.05) is 0 Å². The standard InChI is InChI=1S/C18H9BrCl2F2N3/c19-9-6-24-14-7-25-18(15-11(22)2-1-3-12(15)23)16-13(26(14)8-9)5-4-10(20)17(16)21/h1-6,8H,7H2/q+1. The summed E-state index contributed by atoms with van der Waals surface area (Å²) in [6.07, 6.45) is 3.43. The van der Waals surface area contributed by atoms with Crippen LogP contribution >= 0.6 is 39.1 Å². The average Bonchev–Trinajstić information content (AvgIpc) is 2.76. The highest BCUT2D eigenvalue weighted by atomic mass is 79.9.